The second-order valence-corrected chi connectivity index (χ2v) is 15.7. The van der Waals surface area contributed by atoms with Gasteiger partial charge in [0.1, 0.15) is 6.33 Å². The molecule has 3 aliphatic heterocycles. The average Bonchev–Trinajstić information content (AvgIpc) is 3.88. The maximum absolute atomic E-state index is 13.4. The third kappa shape index (κ3) is 6.53. The number of nitrogens with zero attached hydrogens (tertiary/aromatic N) is 6. The third-order valence-electron chi connectivity index (χ3n) is 10.6. The van der Waals surface area contributed by atoms with Crippen LogP contribution in [0.1, 0.15) is 85.6 Å². The number of aryl methyl sites for hydroxylation is 2. The summed E-state index contributed by atoms with van der Waals surface area (Å²) in [6.45, 7) is 11.9. The Balaban J connectivity index is 1.10. The lowest BCUT2D eigenvalue weighted by Crippen LogP contribution is -2.59. The van der Waals surface area contributed by atoms with Crippen molar-refractivity contribution < 1.29 is 13.2 Å². The van der Waals surface area contributed by atoms with Crippen LogP contribution in [0.4, 0.5) is 0 Å². The van der Waals surface area contributed by atoms with Gasteiger partial charge in [0.15, 0.2) is 0 Å². The Kier molecular flexibility index (Phi) is 8.93. The van der Waals surface area contributed by atoms with E-state index in [1.54, 1.807) is 0 Å². The minimum atomic E-state index is -3.16. The molecule has 234 valence electrons. The van der Waals surface area contributed by atoms with Crippen LogP contribution in [0, 0.1) is 13.8 Å². The molecule has 43 heavy (non-hydrogen) atoms. The molecule has 1 aliphatic carbocycles. The number of sulfonamides is 1. The highest BCUT2D eigenvalue weighted by Gasteiger charge is 2.44. The number of hydrogen-bond acceptors (Lipinski definition) is 7. The van der Waals surface area contributed by atoms with Crippen molar-refractivity contribution in [1.82, 2.24) is 29.0 Å². The molecular formula is C33H48N6O3S. The molecule has 4 heterocycles. The van der Waals surface area contributed by atoms with E-state index >= 15 is 0 Å². The summed E-state index contributed by atoms with van der Waals surface area (Å²) in [6, 6.07) is 11.3. The first-order valence-corrected chi connectivity index (χ1v) is 17.8. The summed E-state index contributed by atoms with van der Waals surface area (Å²) in [5, 5.41) is -0.145. The van der Waals surface area contributed by atoms with E-state index in [2.05, 4.69) is 57.0 Å². The smallest absolute Gasteiger partial charge is 0.257 e. The number of piperidine rings is 3. The molecule has 10 heteroatoms. The zero-order chi connectivity index (χ0) is 30.2. The standard InChI is InChI=1S/C33H48N6O3S/c1-25-31(26(2)35-24-34-25)32(40)36-20-15-33(3,16-21-36)37-18-13-28(14-19-37)39(22-27-8-5-4-6-9-27)29-10-7-17-38(23-29)43(41,42)30-11-12-30/h4-6,8-9,24,28-30H,7,10-23H2,1-3H3. The van der Waals surface area contributed by atoms with Crippen LogP contribution in [-0.2, 0) is 16.6 Å². The largest absolute Gasteiger partial charge is 0.338 e. The van der Waals surface area contributed by atoms with E-state index in [4.69, 9.17) is 0 Å². The number of benzene rings is 1. The molecule has 0 radical (unpaired) electrons. The van der Waals surface area contributed by atoms with E-state index in [0.717, 1.165) is 95.5 Å². The van der Waals surface area contributed by atoms with Gasteiger partial charge in [0.25, 0.3) is 5.91 Å². The molecule has 3 saturated heterocycles. The van der Waals surface area contributed by atoms with Gasteiger partial charge in [0.2, 0.25) is 10.0 Å². The fourth-order valence-electron chi connectivity index (χ4n) is 7.66. The fourth-order valence-corrected chi connectivity index (χ4v) is 9.57. The Bertz CT molecular complexity index is 1360. The molecule has 1 saturated carbocycles. The van der Waals surface area contributed by atoms with E-state index in [-0.39, 0.29) is 22.7 Å². The number of carbonyl (C=O) groups is 1. The van der Waals surface area contributed by atoms with Crippen LogP contribution in [0.15, 0.2) is 36.7 Å². The number of carbonyl (C=O) groups excluding carboxylic acids is 1. The first kappa shape index (κ1) is 30.6. The molecule has 1 amide bonds. The van der Waals surface area contributed by atoms with Gasteiger partial charge in [0, 0.05) is 63.4 Å². The maximum atomic E-state index is 13.4. The highest BCUT2D eigenvalue weighted by molar-refractivity contribution is 7.90. The topological polar surface area (TPSA) is 90.0 Å². The number of aromatic nitrogens is 2. The zero-order valence-corrected chi connectivity index (χ0v) is 26.9. The number of hydrogen-bond donors (Lipinski definition) is 0. The first-order valence-electron chi connectivity index (χ1n) is 16.3. The summed E-state index contributed by atoms with van der Waals surface area (Å²) >= 11 is 0. The van der Waals surface area contributed by atoms with Gasteiger partial charge in [-0.1, -0.05) is 30.3 Å². The van der Waals surface area contributed by atoms with Gasteiger partial charge >= 0.3 is 0 Å². The van der Waals surface area contributed by atoms with E-state index in [1.807, 2.05) is 23.1 Å². The van der Waals surface area contributed by atoms with Crippen LogP contribution in [0.3, 0.4) is 0 Å². The van der Waals surface area contributed by atoms with E-state index < -0.39 is 10.0 Å². The van der Waals surface area contributed by atoms with Gasteiger partial charge in [-0.05, 0) is 77.7 Å². The van der Waals surface area contributed by atoms with Gasteiger partial charge in [0.05, 0.1) is 22.2 Å². The monoisotopic (exact) mass is 608 g/mol. The third-order valence-corrected chi connectivity index (χ3v) is 13.0. The van der Waals surface area contributed by atoms with Crippen LogP contribution in [0.25, 0.3) is 0 Å². The lowest BCUT2D eigenvalue weighted by molar-refractivity contribution is -0.0122. The molecule has 1 aromatic carbocycles. The van der Waals surface area contributed by atoms with Crippen molar-refractivity contribution in [2.75, 3.05) is 39.3 Å². The van der Waals surface area contributed by atoms with Crippen molar-refractivity contribution in [2.24, 2.45) is 0 Å². The molecule has 0 N–H and O–H groups in total. The Morgan fingerprint density at radius 2 is 1.56 bits per heavy atom. The summed E-state index contributed by atoms with van der Waals surface area (Å²) in [6.07, 6.45) is 9.23. The van der Waals surface area contributed by atoms with Gasteiger partial charge < -0.3 is 4.90 Å². The van der Waals surface area contributed by atoms with Gasteiger partial charge in [-0.2, -0.15) is 0 Å². The summed E-state index contributed by atoms with van der Waals surface area (Å²) in [5.74, 6) is 0.0538. The van der Waals surface area contributed by atoms with Crippen LogP contribution < -0.4 is 0 Å². The second kappa shape index (κ2) is 12.5. The molecule has 6 rings (SSSR count). The lowest BCUT2D eigenvalue weighted by atomic mass is 9.85. The summed E-state index contributed by atoms with van der Waals surface area (Å²) in [4.78, 5) is 29.2. The summed E-state index contributed by atoms with van der Waals surface area (Å²) < 4.78 is 28.1. The molecule has 4 aliphatic rings. The number of likely N-dealkylation sites (tertiary alicyclic amines) is 2. The van der Waals surface area contributed by atoms with Crippen LogP contribution in [0.2, 0.25) is 0 Å². The lowest BCUT2D eigenvalue weighted by Gasteiger charge is -2.51. The van der Waals surface area contributed by atoms with Gasteiger partial charge in [-0.25, -0.2) is 22.7 Å². The fraction of sp³-hybridized carbons (Fsp3) is 0.667. The minimum absolute atomic E-state index is 0.0538. The molecule has 1 unspecified atom stereocenters. The van der Waals surface area contributed by atoms with Gasteiger partial charge in [-0.15, -0.1) is 0 Å². The van der Waals surface area contributed by atoms with Crippen molar-refractivity contribution in [1.29, 1.82) is 0 Å². The van der Waals surface area contributed by atoms with Crippen molar-refractivity contribution in [3.05, 3.63) is 59.2 Å². The van der Waals surface area contributed by atoms with E-state index in [0.29, 0.717) is 24.7 Å². The van der Waals surface area contributed by atoms with Crippen LogP contribution >= 0.6 is 0 Å². The Morgan fingerprint density at radius 1 is 0.907 bits per heavy atom. The van der Waals surface area contributed by atoms with Crippen molar-refractivity contribution in [2.45, 2.75) is 102 Å². The highest BCUT2D eigenvalue weighted by atomic mass is 32.2. The molecule has 0 bridgehead atoms. The molecule has 2 aromatic rings. The van der Waals surface area contributed by atoms with Crippen LogP contribution in [0.5, 0.6) is 0 Å². The number of amides is 1. The van der Waals surface area contributed by atoms with Crippen molar-refractivity contribution in [3.63, 3.8) is 0 Å². The Morgan fingerprint density at radius 3 is 2.19 bits per heavy atom. The van der Waals surface area contributed by atoms with Crippen molar-refractivity contribution in [3.8, 4) is 0 Å². The van der Waals surface area contributed by atoms with Crippen LogP contribution in [-0.4, -0.2) is 105 Å². The highest BCUT2D eigenvalue weighted by Crippen LogP contribution is 2.36. The molecular weight excluding hydrogens is 560 g/mol. The SMILES string of the molecule is Cc1ncnc(C)c1C(=O)N1CCC(C)(N2CCC(N(Cc3ccccc3)C3CCCN(S(=O)(=O)C4CC4)C3)CC2)CC1. The first-order chi connectivity index (χ1) is 20.7. The zero-order valence-electron chi connectivity index (χ0n) is 26.1. The molecule has 1 atom stereocenters. The predicted octanol–water partition coefficient (Wildman–Crippen LogP) is 4.01. The normalized spacial score (nSPS) is 24.4. The molecule has 4 fully saturated rings. The molecule has 9 nitrogen and oxygen atoms in total. The summed E-state index contributed by atoms with van der Waals surface area (Å²) in [7, 11) is -3.16. The predicted molar refractivity (Wildman–Crippen MR) is 168 cm³/mol. The van der Waals surface area contributed by atoms with E-state index in [9.17, 15) is 13.2 Å². The summed E-state index contributed by atoms with van der Waals surface area (Å²) in [5.41, 5.74) is 3.52. The second-order valence-electron chi connectivity index (χ2n) is 13.5. The molecule has 0 spiro atoms. The molecule has 1 aromatic heterocycles. The quantitative estimate of drug-likeness (QED) is 0.447. The maximum Gasteiger partial charge on any atom is 0.257 e. The average molecular weight is 609 g/mol. The Hall–Kier alpha value is -2.40. The minimum Gasteiger partial charge on any atom is -0.338 e. The Labute approximate surface area is 257 Å². The van der Waals surface area contributed by atoms with E-state index in [1.165, 1.54) is 11.9 Å². The number of rotatable bonds is 8. The van der Waals surface area contributed by atoms with Gasteiger partial charge in [-0.3, -0.25) is 14.6 Å². The van der Waals surface area contributed by atoms with Crippen molar-refractivity contribution >= 4 is 15.9 Å².